The molecule has 1 saturated carbocycles. The van der Waals surface area contributed by atoms with E-state index in [1.807, 2.05) is 11.0 Å². The fourth-order valence-corrected chi connectivity index (χ4v) is 4.53. The van der Waals surface area contributed by atoms with Crippen molar-refractivity contribution in [1.29, 1.82) is 0 Å². The lowest BCUT2D eigenvalue weighted by Crippen LogP contribution is -2.51. The lowest BCUT2D eigenvalue weighted by atomic mass is 9.95. The van der Waals surface area contributed by atoms with E-state index in [-0.39, 0.29) is 11.8 Å². The fourth-order valence-electron chi connectivity index (χ4n) is 4.53. The molecule has 6 heteroatoms. The molecule has 0 unspecified atom stereocenters. The van der Waals surface area contributed by atoms with Crippen LogP contribution in [0.2, 0.25) is 0 Å². The maximum absolute atomic E-state index is 13.0. The van der Waals surface area contributed by atoms with E-state index in [9.17, 15) is 9.59 Å². The highest BCUT2D eigenvalue weighted by Crippen LogP contribution is 2.30. The zero-order valence-corrected chi connectivity index (χ0v) is 16.3. The Morgan fingerprint density at radius 2 is 1.86 bits per heavy atom. The summed E-state index contributed by atoms with van der Waals surface area (Å²) < 4.78 is 0. The number of amides is 2. The van der Waals surface area contributed by atoms with Gasteiger partial charge in [0.2, 0.25) is 5.91 Å². The number of nitrogens with one attached hydrogen (secondary N) is 2. The number of rotatable bonds is 4. The molecule has 28 heavy (non-hydrogen) atoms. The van der Waals surface area contributed by atoms with Gasteiger partial charge < -0.3 is 15.2 Å². The summed E-state index contributed by atoms with van der Waals surface area (Å²) in [5, 5.41) is 4.25. The molecule has 2 amide bonds. The highest BCUT2D eigenvalue weighted by molar-refractivity contribution is 5.99. The number of carbonyl (C=O) groups excluding carboxylic acids is 2. The van der Waals surface area contributed by atoms with Crippen molar-refractivity contribution in [2.24, 2.45) is 0 Å². The number of aryl methyl sites for hydroxylation is 2. The lowest BCUT2D eigenvalue weighted by Gasteiger charge is -2.34. The van der Waals surface area contributed by atoms with Crippen LogP contribution < -0.4 is 5.32 Å². The number of piperazine rings is 1. The van der Waals surface area contributed by atoms with Gasteiger partial charge in [0.25, 0.3) is 5.91 Å². The van der Waals surface area contributed by atoms with Crippen molar-refractivity contribution in [3.05, 3.63) is 35.0 Å². The average Bonchev–Trinajstić information content (AvgIpc) is 3.45. The van der Waals surface area contributed by atoms with Crippen molar-refractivity contribution in [3.63, 3.8) is 0 Å². The van der Waals surface area contributed by atoms with E-state index in [1.165, 1.54) is 29.5 Å². The van der Waals surface area contributed by atoms with Gasteiger partial charge in [-0.2, -0.15) is 0 Å². The quantitative estimate of drug-likeness (QED) is 0.853. The summed E-state index contributed by atoms with van der Waals surface area (Å²) in [4.78, 5) is 32.6. The lowest BCUT2D eigenvalue weighted by molar-refractivity contribution is -0.122. The smallest absolute Gasteiger partial charge is 0.253 e. The maximum atomic E-state index is 13.0. The molecule has 5 rings (SSSR count). The number of aromatic nitrogens is 1. The zero-order valence-electron chi connectivity index (χ0n) is 16.3. The van der Waals surface area contributed by atoms with E-state index in [2.05, 4.69) is 27.3 Å². The van der Waals surface area contributed by atoms with Gasteiger partial charge in [-0.3, -0.25) is 14.5 Å². The van der Waals surface area contributed by atoms with Gasteiger partial charge in [0.15, 0.2) is 0 Å². The minimum atomic E-state index is 0.106. The van der Waals surface area contributed by atoms with Crippen LogP contribution in [0.3, 0.4) is 0 Å². The third-order valence-corrected chi connectivity index (χ3v) is 6.31. The third-order valence-electron chi connectivity index (χ3n) is 6.31. The summed E-state index contributed by atoms with van der Waals surface area (Å²) >= 11 is 0. The number of aromatic amines is 1. The standard InChI is InChI=1S/C22H28N4O2/c27-21(23-16-6-7-16)14-25-9-11-26(12-10-25)22(28)15-5-8-20-18(13-15)17-3-1-2-4-19(17)24-20/h5,8,13,16,24H,1-4,6-7,9-12,14H2,(H,23,27). The van der Waals surface area contributed by atoms with E-state index < -0.39 is 0 Å². The molecule has 1 aromatic carbocycles. The number of fused-ring (bicyclic) bond motifs is 3. The normalized spacial score (nSPS) is 20.2. The molecule has 2 heterocycles. The third kappa shape index (κ3) is 3.53. The monoisotopic (exact) mass is 380 g/mol. The van der Waals surface area contributed by atoms with Crippen molar-refractivity contribution >= 4 is 22.7 Å². The minimum absolute atomic E-state index is 0.106. The second-order valence-corrected chi connectivity index (χ2v) is 8.46. The summed E-state index contributed by atoms with van der Waals surface area (Å²) in [6.07, 6.45) is 6.92. The highest BCUT2D eigenvalue weighted by atomic mass is 16.2. The first-order valence-electron chi connectivity index (χ1n) is 10.6. The van der Waals surface area contributed by atoms with Gasteiger partial charge in [-0.1, -0.05) is 0 Å². The van der Waals surface area contributed by atoms with Crippen LogP contribution in [-0.2, 0) is 17.6 Å². The molecule has 2 aromatic rings. The van der Waals surface area contributed by atoms with Crippen LogP contribution in [0, 0.1) is 0 Å². The SMILES string of the molecule is O=C(CN1CCN(C(=O)c2ccc3[nH]c4c(c3c2)CCCC4)CC1)NC1CC1. The van der Waals surface area contributed by atoms with Crippen molar-refractivity contribution in [2.75, 3.05) is 32.7 Å². The Labute approximate surface area is 165 Å². The molecule has 0 spiro atoms. The number of benzene rings is 1. The molecule has 2 fully saturated rings. The highest BCUT2D eigenvalue weighted by Gasteiger charge is 2.27. The number of H-pyrrole nitrogens is 1. The van der Waals surface area contributed by atoms with E-state index in [1.54, 1.807) is 0 Å². The van der Waals surface area contributed by atoms with Gasteiger partial charge in [-0.05, 0) is 62.3 Å². The summed E-state index contributed by atoms with van der Waals surface area (Å²) in [5.41, 5.74) is 4.68. The molecular weight excluding hydrogens is 352 g/mol. The average molecular weight is 380 g/mol. The second kappa shape index (κ2) is 7.24. The summed E-state index contributed by atoms with van der Waals surface area (Å²) in [6, 6.07) is 6.49. The van der Waals surface area contributed by atoms with E-state index in [0.717, 1.165) is 49.9 Å². The fraction of sp³-hybridized carbons (Fsp3) is 0.545. The molecule has 0 radical (unpaired) electrons. The molecule has 2 N–H and O–H groups in total. The van der Waals surface area contributed by atoms with Crippen LogP contribution in [0.1, 0.15) is 47.3 Å². The Bertz CT molecular complexity index is 907. The van der Waals surface area contributed by atoms with Crippen LogP contribution in [-0.4, -0.2) is 65.4 Å². The van der Waals surface area contributed by atoms with Crippen LogP contribution >= 0.6 is 0 Å². The van der Waals surface area contributed by atoms with Crippen LogP contribution in [0.25, 0.3) is 10.9 Å². The van der Waals surface area contributed by atoms with Crippen molar-refractivity contribution in [3.8, 4) is 0 Å². The summed E-state index contributed by atoms with van der Waals surface area (Å²) in [5.74, 6) is 0.222. The zero-order chi connectivity index (χ0) is 19.1. The Balaban J connectivity index is 1.23. The van der Waals surface area contributed by atoms with Crippen LogP contribution in [0.4, 0.5) is 0 Å². The number of carbonyl (C=O) groups is 2. The molecule has 1 aromatic heterocycles. The molecule has 148 valence electrons. The number of nitrogens with zero attached hydrogens (tertiary/aromatic N) is 2. The predicted octanol–water partition coefficient (Wildman–Crippen LogP) is 2.08. The van der Waals surface area contributed by atoms with Gasteiger partial charge in [0, 0.05) is 54.4 Å². The van der Waals surface area contributed by atoms with Gasteiger partial charge >= 0.3 is 0 Å². The van der Waals surface area contributed by atoms with Crippen molar-refractivity contribution in [2.45, 2.75) is 44.6 Å². The van der Waals surface area contributed by atoms with Gasteiger partial charge in [-0.15, -0.1) is 0 Å². The first-order valence-corrected chi connectivity index (χ1v) is 10.6. The molecule has 2 aliphatic carbocycles. The van der Waals surface area contributed by atoms with Crippen molar-refractivity contribution < 1.29 is 9.59 Å². The molecule has 1 saturated heterocycles. The maximum Gasteiger partial charge on any atom is 0.253 e. The molecule has 3 aliphatic rings. The Morgan fingerprint density at radius 1 is 1.07 bits per heavy atom. The van der Waals surface area contributed by atoms with E-state index in [0.29, 0.717) is 25.7 Å². The molecule has 0 bridgehead atoms. The number of hydrogen-bond acceptors (Lipinski definition) is 3. The molecule has 0 atom stereocenters. The summed E-state index contributed by atoms with van der Waals surface area (Å²) in [7, 11) is 0. The Hall–Kier alpha value is -2.34. The Morgan fingerprint density at radius 3 is 2.64 bits per heavy atom. The Kier molecular flexibility index (Phi) is 4.59. The van der Waals surface area contributed by atoms with Gasteiger partial charge in [0.05, 0.1) is 6.54 Å². The molecular formula is C22H28N4O2. The van der Waals surface area contributed by atoms with E-state index >= 15 is 0 Å². The van der Waals surface area contributed by atoms with Crippen molar-refractivity contribution in [1.82, 2.24) is 20.1 Å². The molecule has 6 nitrogen and oxygen atoms in total. The van der Waals surface area contributed by atoms with Crippen LogP contribution in [0.5, 0.6) is 0 Å². The number of hydrogen-bond donors (Lipinski definition) is 2. The predicted molar refractivity (Wildman–Crippen MR) is 108 cm³/mol. The van der Waals surface area contributed by atoms with E-state index in [4.69, 9.17) is 0 Å². The topological polar surface area (TPSA) is 68.4 Å². The largest absolute Gasteiger partial charge is 0.358 e. The van der Waals surface area contributed by atoms with Gasteiger partial charge in [0.1, 0.15) is 0 Å². The second-order valence-electron chi connectivity index (χ2n) is 8.46. The minimum Gasteiger partial charge on any atom is -0.358 e. The van der Waals surface area contributed by atoms with Crippen LogP contribution in [0.15, 0.2) is 18.2 Å². The first kappa shape index (κ1) is 17.7. The first-order chi connectivity index (χ1) is 13.7. The summed E-state index contributed by atoms with van der Waals surface area (Å²) in [6.45, 7) is 3.31. The molecule has 1 aliphatic heterocycles. The van der Waals surface area contributed by atoms with Gasteiger partial charge in [-0.25, -0.2) is 0 Å².